The molecule has 3 heterocycles. The Bertz CT molecular complexity index is 1050. The Morgan fingerprint density at radius 2 is 1.75 bits per heavy atom. The quantitative estimate of drug-likeness (QED) is 0.621. The zero-order chi connectivity index (χ0) is 21.8. The van der Waals surface area contributed by atoms with Crippen LogP contribution in [0.15, 0.2) is 67.0 Å². The number of aromatic nitrogens is 2. The summed E-state index contributed by atoms with van der Waals surface area (Å²) >= 11 is 0. The zero-order valence-corrected chi connectivity index (χ0v) is 18.1. The van der Waals surface area contributed by atoms with Crippen molar-refractivity contribution in [2.45, 2.75) is 25.6 Å². The van der Waals surface area contributed by atoms with Gasteiger partial charge < -0.3 is 18.9 Å². The minimum absolute atomic E-state index is 0.00642. The van der Waals surface area contributed by atoms with Gasteiger partial charge in [0.15, 0.2) is 11.5 Å². The first-order chi connectivity index (χ1) is 15.8. The maximum Gasteiger partial charge on any atom is 0.267 e. The highest BCUT2D eigenvalue weighted by atomic mass is 16.6. The predicted molar refractivity (Wildman–Crippen MR) is 121 cm³/mol. The minimum Gasteiger partial charge on any atom is -0.485 e. The van der Waals surface area contributed by atoms with Crippen molar-refractivity contribution in [3.8, 4) is 11.5 Å². The number of ether oxygens (including phenoxy) is 2. The Hall–Kier alpha value is -3.32. The number of carbonyl (C=O) groups is 1. The highest BCUT2D eigenvalue weighted by Crippen LogP contribution is 2.31. The van der Waals surface area contributed by atoms with E-state index in [1.807, 2.05) is 47.6 Å². The smallest absolute Gasteiger partial charge is 0.267 e. The van der Waals surface area contributed by atoms with Crippen LogP contribution >= 0.6 is 0 Å². The second kappa shape index (κ2) is 9.44. The molecule has 1 amide bonds. The molecule has 1 saturated heterocycles. The Balaban J connectivity index is 1.18. The van der Waals surface area contributed by atoms with Gasteiger partial charge in [0.25, 0.3) is 5.91 Å². The summed E-state index contributed by atoms with van der Waals surface area (Å²) in [6, 6.07) is 17.9. The molecule has 7 heteroatoms. The van der Waals surface area contributed by atoms with E-state index in [0.29, 0.717) is 18.0 Å². The Morgan fingerprint density at radius 3 is 2.62 bits per heavy atom. The van der Waals surface area contributed by atoms with Crippen LogP contribution in [0.1, 0.15) is 17.8 Å². The van der Waals surface area contributed by atoms with Gasteiger partial charge in [0.2, 0.25) is 6.10 Å². The number of hydrogen-bond donors (Lipinski definition) is 0. The molecule has 0 bridgehead atoms. The number of nitrogens with zero attached hydrogens (tertiary/aromatic N) is 4. The molecule has 1 fully saturated rings. The molecule has 2 aliphatic heterocycles. The predicted octanol–water partition coefficient (Wildman–Crippen LogP) is 2.81. The van der Waals surface area contributed by atoms with E-state index in [9.17, 15) is 4.79 Å². The number of fused-ring (bicyclic) bond motifs is 1. The highest BCUT2D eigenvalue weighted by Gasteiger charge is 2.32. The molecule has 166 valence electrons. The van der Waals surface area contributed by atoms with E-state index in [0.717, 1.165) is 45.0 Å². The molecule has 2 aromatic carbocycles. The lowest BCUT2D eigenvalue weighted by atomic mass is 10.2. The summed E-state index contributed by atoms with van der Waals surface area (Å²) in [6.07, 6.45) is 4.24. The van der Waals surface area contributed by atoms with Gasteiger partial charge in [-0.1, -0.05) is 42.5 Å². The van der Waals surface area contributed by atoms with E-state index >= 15 is 0 Å². The standard InChI is InChI=1S/C25H28N4O3/c30-25(23-19-31-21-9-4-5-10-22(21)32-23)28-13-6-12-27(15-16-28)18-24-26-11-14-29(24)17-20-7-2-1-3-8-20/h1-5,7-11,14,23H,6,12-13,15-19H2. The summed E-state index contributed by atoms with van der Waals surface area (Å²) in [5.74, 6) is 2.39. The largest absolute Gasteiger partial charge is 0.485 e. The van der Waals surface area contributed by atoms with Gasteiger partial charge in [-0.15, -0.1) is 0 Å². The molecule has 0 aliphatic carbocycles. The molecule has 0 spiro atoms. The van der Waals surface area contributed by atoms with E-state index in [4.69, 9.17) is 9.47 Å². The number of rotatable bonds is 5. The van der Waals surface area contributed by atoms with Crippen LogP contribution in [-0.4, -0.2) is 64.1 Å². The number of carbonyl (C=O) groups excluding carboxylic acids is 1. The van der Waals surface area contributed by atoms with E-state index in [1.165, 1.54) is 5.56 Å². The van der Waals surface area contributed by atoms with Crippen molar-refractivity contribution in [2.75, 3.05) is 32.8 Å². The topological polar surface area (TPSA) is 59.8 Å². The molecule has 2 aliphatic rings. The molecule has 5 rings (SSSR count). The van der Waals surface area contributed by atoms with Crippen molar-refractivity contribution in [1.82, 2.24) is 19.4 Å². The van der Waals surface area contributed by atoms with Crippen molar-refractivity contribution in [3.05, 3.63) is 78.4 Å². The maximum absolute atomic E-state index is 13.1. The van der Waals surface area contributed by atoms with Crippen LogP contribution in [0.2, 0.25) is 0 Å². The Morgan fingerprint density at radius 1 is 0.938 bits per heavy atom. The van der Waals surface area contributed by atoms with E-state index in [-0.39, 0.29) is 12.5 Å². The van der Waals surface area contributed by atoms with Crippen LogP contribution in [0, 0.1) is 0 Å². The summed E-state index contributed by atoms with van der Waals surface area (Å²) in [5, 5.41) is 0. The number of imidazole rings is 1. The van der Waals surface area contributed by atoms with Crippen LogP contribution in [0.3, 0.4) is 0 Å². The molecule has 0 saturated carbocycles. The summed E-state index contributed by atoms with van der Waals surface area (Å²) < 4.78 is 13.9. The first-order valence-electron chi connectivity index (χ1n) is 11.2. The second-order valence-electron chi connectivity index (χ2n) is 8.28. The first-order valence-corrected chi connectivity index (χ1v) is 11.2. The van der Waals surface area contributed by atoms with Crippen molar-refractivity contribution in [2.24, 2.45) is 0 Å². The molecule has 0 N–H and O–H groups in total. The van der Waals surface area contributed by atoms with E-state index in [2.05, 4.69) is 38.7 Å². The molecular formula is C25H28N4O3. The third kappa shape index (κ3) is 4.62. The molecule has 32 heavy (non-hydrogen) atoms. The Kier molecular flexibility index (Phi) is 6.07. The number of para-hydroxylation sites is 2. The number of amides is 1. The van der Waals surface area contributed by atoms with E-state index in [1.54, 1.807) is 0 Å². The highest BCUT2D eigenvalue weighted by molar-refractivity contribution is 5.82. The lowest BCUT2D eigenvalue weighted by molar-refractivity contribution is -0.141. The summed E-state index contributed by atoms with van der Waals surface area (Å²) in [6.45, 7) is 5.01. The van der Waals surface area contributed by atoms with Crippen LogP contribution in [0.25, 0.3) is 0 Å². The number of hydrogen-bond acceptors (Lipinski definition) is 5. The summed E-state index contributed by atoms with van der Waals surface area (Å²) in [4.78, 5) is 22.0. The monoisotopic (exact) mass is 432 g/mol. The lowest BCUT2D eigenvalue weighted by Crippen LogP contribution is -2.47. The van der Waals surface area contributed by atoms with Crippen molar-refractivity contribution in [1.29, 1.82) is 0 Å². The van der Waals surface area contributed by atoms with Crippen LogP contribution in [0.5, 0.6) is 11.5 Å². The van der Waals surface area contributed by atoms with Crippen LogP contribution in [-0.2, 0) is 17.9 Å². The molecule has 1 atom stereocenters. The van der Waals surface area contributed by atoms with Gasteiger partial charge in [-0.3, -0.25) is 9.69 Å². The third-order valence-corrected chi connectivity index (χ3v) is 6.05. The first kappa shape index (κ1) is 20.6. The molecule has 0 radical (unpaired) electrons. The SMILES string of the molecule is O=C(C1COc2ccccc2O1)N1CCCN(Cc2nccn2Cc2ccccc2)CC1. The minimum atomic E-state index is -0.582. The fourth-order valence-corrected chi connectivity index (χ4v) is 4.31. The molecular weight excluding hydrogens is 404 g/mol. The normalized spacial score (nSPS) is 18.9. The average molecular weight is 433 g/mol. The lowest BCUT2D eigenvalue weighted by Gasteiger charge is -2.30. The average Bonchev–Trinajstić information content (AvgIpc) is 3.12. The van der Waals surface area contributed by atoms with Crippen LogP contribution in [0.4, 0.5) is 0 Å². The van der Waals surface area contributed by atoms with Gasteiger partial charge in [0.05, 0.1) is 6.54 Å². The van der Waals surface area contributed by atoms with Gasteiger partial charge in [-0.25, -0.2) is 4.98 Å². The fraction of sp³-hybridized carbons (Fsp3) is 0.360. The summed E-state index contributed by atoms with van der Waals surface area (Å²) in [7, 11) is 0. The zero-order valence-electron chi connectivity index (χ0n) is 18.1. The maximum atomic E-state index is 13.1. The van der Waals surface area contributed by atoms with Crippen molar-refractivity contribution < 1.29 is 14.3 Å². The van der Waals surface area contributed by atoms with Gasteiger partial charge in [0, 0.05) is 45.1 Å². The van der Waals surface area contributed by atoms with Crippen molar-refractivity contribution in [3.63, 3.8) is 0 Å². The van der Waals surface area contributed by atoms with Gasteiger partial charge >= 0.3 is 0 Å². The third-order valence-electron chi connectivity index (χ3n) is 6.05. The van der Waals surface area contributed by atoms with Crippen molar-refractivity contribution >= 4 is 5.91 Å². The molecule has 3 aromatic rings. The fourth-order valence-electron chi connectivity index (χ4n) is 4.31. The molecule has 1 unspecified atom stereocenters. The van der Waals surface area contributed by atoms with E-state index < -0.39 is 6.10 Å². The van der Waals surface area contributed by atoms with Crippen LogP contribution < -0.4 is 9.47 Å². The summed E-state index contributed by atoms with van der Waals surface area (Å²) in [5.41, 5.74) is 1.26. The van der Waals surface area contributed by atoms with Gasteiger partial charge in [0.1, 0.15) is 12.4 Å². The second-order valence-corrected chi connectivity index (χ2v) is 8.28. The molecule has 7 nitrogen and oxygen atoms in total. The Labute approximate surface area is 188 Å². The number of benzene rings is 2. The van der Waals surface area contributed by atoms with Gasteiger partial charge in [-0.05, 0) is 24.1 Å². The van der Waals surface area contributed by atoms with Gasteiger partial charge in [-0.2, -0.15) is 0 Å². The molecule has 1 aromatic heterocycles.